The Hall–Kier alpha value is -0.780. The van der Waals surface area contributed by atoms with E-state index in [0.717, 1.165) is 0 Å². The van der Waals surface area contributed by atoms with Crippen LogP contribution in [0.4, 0.5) is 13.2 Å². The number of carbonyl (C=O) groups is 1. The Kier molecular flexibility index (Phi) is 4.18. The number of hydrogen-bond acceptors (Lipinski definition) is 2. The summed E-state index contributed by atoms with van der Waals surface area (Å²) in [4.78, 5) is 12.1. The van der Waals surface area contributed by atoms with Gasteiger partial charge in [-0.2, -0.15) is 13.2 Å². The van der Waals surface area contributed by atoms with Crippen LogP contribution in [0, 0.1) is 5.92 Å². The van der Waals surface area contributed by atoms with E-state index in [1.54, 1.807) is 11.8 Å². The van der Waals surface area contributed by atoms with Crippen molar-refractivity contribution in [2.45, 2.75) is 38.4 Å². The average Bonchev–Trinajstić information content (AvgIpc) is 2.15. The van der Waals surface area contributed by atoms with Crippen LogP contribution >= 0.6 is 0 Å². The van der Waals surface area contributed by atoms with Gasteiger partial charge in [0.25, 0.3) is 0 Å². The van der Waals surface area contributed by atoms with Crippen molar-refractivity contribution in [2.75, 3.05) is 13.1 Å². The van der Waals surface area contributed by atoms with E-state index in [1.807, 2.05) is 0 Å². The van der Waals surface area contributed by atoms with Crippen LogP contribution in [0.1, 0.15) is 26.2 Å². The third kappa shape index (κ3) is 3.66. The fourth-order valence-electron chi connectivity index (χ4n) is 2.06. The zero-order chi connectivity index (χ0) is 12.3. The van der Waals surface area contributed by atoms with Crippen LogP contribution in [0.3, 0.4) is 0 Å². The van der Waals surface area contributed by atoms with Crippen LogP contribution < -0.4 is 0 Å². The number of halogens is 3. The average molecular weight is 239 g/mol. The van der Waals surface area contributed by atoms with Gasteiger partial charge < -0.3 is 5.11 Å². The second kappa shape index (κ2) is 5.03. The predicted molar refractivity (Wildman–Crippen MR) is 52.1 cm³/mol. The summed E-state index contributed by atoms with van der Waals surface area (Å²) in [5, 5.41) is 8.59. The minimum Gasteiger partial charge on any atom is -0.481 e. The van der Waals surface area contributed by atoms with E-state index >= 15 is 0 Å². The summed E-state index contributed by atoms with van der Waals surface area (Å²) in [6.07, 6.45) is -3.64. The zero-order valence-electron chi connectivity index (χ0n) is 9.13. The van der Waals surface area contributed by atoms with Crippen molar-refractivity contribution in [3.8, 4) is 0 Å². The topological polar surface area (TPSA) is 40.5 Å². The largest absolute Gasteiger partial charge is 0.481 e. The quantitative estimate of drug-likeness (QED) is 0.820. The van der Waals surface area contributed by atoms with Crippen LogP contribution in [-0.4, -0.2) is 41.3 Å². The Morgan fingerprint density at radius 2 is 2.19 bits per heavy atom. The van der Waals surface area contributed by atoms with E-state index in [-0.39, 0.29) is 25.4 Å². The van der Waals surface area contributed by atoms with E-state index < -0.39 is 18.1 Å². The second-order valence-corrected chi connectivity index (χ2v) is 4.32. The molecule has 0 amide bonds. The monoisotopic (exact) mass is 239 g/mol. The van der Waals surface area contributed by atoms with Gasteiger partial charge in [0.1, 0.15) is 0 Å². The molecule has 0 aromatic rings. The fourth-order valence-corrected chi connectivity index (χ4v) is 2.06. The molecule has 0 spiro atoms. The molecule has 6 heteroatoms. The van der Waals surface area contributed by atoms with Gasteiger partial charge in [0, 0.05) is 12.6 Å². The standard InChI is InChI=1S/C10H16F3NO2/c1-7(5-9(15)16)14-4-2-3-8(6-14)10(11,12)13/h7-8H,2-6H2,1H3,(H,15,16). The normalized spacial score (nSPS) is 25.4. The highest BCUT2D eigenvalue weighted by Gasteiger charge is 2.42. The Bertz CT molecular complexity index is 255. The molecule has 2 unspecified atom stereocenters. The van der Waals surface area contributed by atoms with Gasteiger partial charge in [-0.05, 0) is 26.3 Å². The summed E-state index contributed by atoms with van der Waals surface area (Å²) >= 11 is 0. The lowest BCUT2D eigenvalue weighted by Gasteiger charge is -2.36. The number of alkyl halides is 3. The highest BCUT2D eigenvalue weighted by molar-refractivity contribution is 5.67. The van der Waals surface area contributed by atoms with Crippen molar-refractivity contribution in [3.63, 3.8) is 0 Å². The number of carboxylic acids is 1. The lowest BCUT2D eigenvalue weighted by Crippen LogP contribution is -2.46. The smallest absolute Gasteiger partial charge is 0.393 e. The van der Waals surface area contributed by atoms with Crippen LogP contribution in [0.25, 0.3) is 0 Å². The number of aliphatic carboxylic acids is 1. The lowest BCUT2D eigenvalue weighted by molar-refractivity contribution is -0.188. The molecule has 0 aromatic heterocycles. The molecule has 2 atom stereocenters. The Morgan fingerprint density at radius 1 is 1.56 bits per heavy atom. The number of rotatable bonds is 3. The van der Waals surface area contributed by atoms with E-state index in [0.29, 0.717) is 13.0 Å². The third-order valence-electron chi connectivity index (χ3n) is 3.01. The van der Waals surface area contributed by atoms with Crippen molar-refractivity contribution < 1.29 is 23.1 Å². The predicted octanol–water partition coefficient (Wildman–Crippen LogP) is 2.12. The molecule has 1 saturated heterocycles. The fraction of sp³-hybridized carbons (Fsp3) is 0.900. The molecule has 0 radical (unpaired) electrons. The number of carboxylic acid groups (broad SMARTS) is 1. The van der Waals surface area contributed by atoms with Gasteiger partial charge in [0.05, 0.1) is 12.3 Å². The molecule has 16 heavy (non-hydrogen) atoms. The molecule has 1 N–H and O–H groups in total. The Morgan fingerprint density at radius 3 is 2.69 bits per heavy atom. The minimum absolute atomic E-state index is 0.0715. The van der Waals surface area contributed by atoms with Gasteiger partial charge >= 0.3 is 12.1 Å². The molecule has 3 nitrogen and oxygen atoms in total. The molecule has 0 bridgehead atoms. The molecule has 0 aromatic carbocycles. The molecular formula is C10H16F3NO2. The number of likely N-dealkylation sites (tertiary alicyclic amines) is 1. The Labute approximate surface area is 92.2 Å². The van der Waals surface area contributed by atoms with Gasteiger partial charge in [0.15, 0.2) is 0 Å². The van der Waals surface area contributed by atoms with Crippen molar-refractivity contribution in [3.05, 3.63) is 0 Å². The number of nitrogens with zero attached hydrogens (tertiary/aromatic N) is 1. The summed E-state index contributed by atoms with van der Waals surface area (Å²) in [5.74, 6) is -2.28. The first kappa shape index (κ1) is 13.3. The van der Waals surface area contributed by atoms with Crippen molar-refractivity contribution in [1.82, 2.24) is 4.90 Å². The van der Waals surface area contributed by atoms with Crippen LogP contribution in [-0.2, 0) is 4.79 Å². The molecule has 1 heterocycles. The zero-order valence-corrected chi connectivity index (χ0v) is 9.13. The molecular weight excluding hydrogens is 223 g/mol. The van der Waals surface area contributed by atoms with Gasteiger partial charge in [-0.15, -0.1) is 0 Å². The maximum Gasteiger partial charge on any atom is 0.393 e. The van der Waals surface area contributed by atoms with E-state index in [2.05, 4.69) is 0 Å². The summed E-state index contributed by atoms with van der Waals surface area (Å²) < 4.78 is 37.5. The molecule has 1 rings (SSSR count). The van der Waals surface area contributed by atoms with Crippen LogP contribution in [0.5, 0.6) is 0 Å². The molecule has 1 fully saturated rings. The van der Waals surface area contributed by atoms with E-state index in [1.165, 1.54) is 0 Å². The molecule has 1 aliphatic rings. The maximum absolute atomic E-state index is 12.5. The van der Waals surface area contributed by atoms with Gasteiger partial charge in [-0.3, -0.25) is 9.69 Å². The number of piperidine rings is 1. The Balaban J connectivity index is 2.53. The molecule has 94 valence electrons. The van der Waals surface area contributed by atoms with E-state index in [9.17, 15) is 18.0 Å². The second-order valence-electron chi connectivity index (χ2n) is 4.32. The minimum atomic E-state index is -4.17. The summed E-state index contributed by atoms with van der Waals surface area (Å²) in [6.45, 7) is 2.14. The summed E-state index contributed by atoms with van der Waals surface area (Å²) in [5.41, 5.74) is 0. The third-order valence-corrected chi connectivity index (χ3v) is 3.01. The van der Waals surface area contributed by atoms with Crippen molar-refractivity contribution in [2.24, 2.45) is 5.92 Å². The highest BCUT2D eigenvalue weighted by Crippen LogP contribution is 2.33. The van der Waals surface area contributed by atoms with Crippen LogP contribution in [0.15, 0.2) is 0 Å². The molecule has 1 aliphatic heterocycles. The van der Waals surface area contributed by atoms with Gasteiger partial charge in [0.2, 0.25) is 0 Å². The first-order chi connectivity index (χ1) is 7.30. The van der Waals surface area contributed by atoms with E-state index in [4.69, 9.17) is 5.11 Å². The van der Waals surface area contributed by atoms with Gasteiger partial charge in [-0.25, -0.2) is 0 Å². The lowest BCUT2D eigenvalue weighted by atomic mass is 9.96. The summed E-state index contributed by atoms with van der Waals surface area (Å²) in [7, 11) is 0. The van der Waals surface area contributed by atoms with Crippen molar-refractivity contribution in [1.29, 1.82) is 0 Å². The molecule has 0 saturated carbocycles. The van der Waals surface area contributed by atoms with Crippen molar-refractivity contribution >= 4 is 5.97 Å². The molecule has 0 aliphatic carbocycles. The number of hydrogen-bond donors (Lipinski definition) is 1. The maximum atomic E-state index is 12.5. The van der Waals surface area contributed by atoms with Crippen LogP contribution in [0.2, 0.25) is 0 Å². The SMILES string of the molecule is CC(CC(=O)O)N1CCCC(C(F)(F)F)C1. The summed E-state index contributed by atoms with van der Waals surface area (Å²) in [6, 6.07) is -0.331. The first-order valence-corrected chi connectivity index (χ1v) is 5.33. The van der Waals surface area contributed by atoms with Gasteiger partial charge in [-0.1, -0.05) is 0 Å². The highest BCUT2D eigenvalue weighted by atomic mass is 19.4. The first-order valence-electron chi connectivity index (χ1n) is 5.33.